The van der Waals surface area contributed by atoms with Crippen LogP contribution in [0.4, 0.5) is 5.69 Å². The Bertz CT molecular complexity index is 674. The SMILES string of the molecule is CC(=O)Nc1cccc(C(=O)NCc2ccc(C)n2C)c1. The lowest BCUT2D eigenvalue weighted by atomic mass is 10.2. The molecule has 2 rings (SSSR count). The fourth-order valence-electron chi connectivity index (χ4n) is 2.06. The third kappa shape index (κ3) is 3.72. The van der Waals surface area contributed by atoms with Crippen LogP contribution in [0.2, 0.25) is 0 Å². The van der Waals surface area contributed by atoms with E-state index in [9.17, 15) is 9.59 Å². The van der Waals surface area contributed by atoms with Gasteiger partial charge in [0.05, 0.1) is 6.54 Å². The maximum absolute atomic E-state index is 12.1. The molecule has 1 aromatic heterocycles. The number of aromatic nitrogens is 1. The predicted molar refractivity (Wildman–Crippen MR) is 82.1 cm³/mol. The minimum absolute atomic E-state index is 0.160. The van der Waals surface area contributed by atoms with Crippen molar-refractivity contribution in [3.8, 4) is 0 Å². The second-order valence-corrected chi connectivity index (χ2v) is 4.97. The first-order valence-corrected chi connectivity index (χ1v) is 6.74. The third-order valence-corrected chi connectivity index (χ3v) is 3.35. The van der Waals surface area contributed by atoms with Crippen LogP contribution in [0.15, 0.2) is 36.4 Å². The lowest BCUT2D eigenvalue weighted by Gasteiger charge is -2.09. The molecule has 21 heavy (non-hydrogen) atoms. The zero-order chi connectivity index (χ0) is 15.4. The molecule has 2 aromatic rings. The number of amides is 2. The van der Waals surface area contributed by atoms with Crippen molar-refractivity contribution in [3.63, 3.8) is 0 Å². The van der Waals surface area contributed by atoms with Gasteiger partial charge in [-0.3, -0.25) is 9.59 Å². The first kappa shape index (κ1) is 14.8. The third-order valence-electron chi connectivity index (χ3n) is 3.35. The largest absolute Gasteiger partial charge is 0.350 e. The van der Waals surface area contributed by atoms with E-state index in [0.717, 1.165) is 11.4 Å². The smallest absolute Gasteiger partial charge is 0.251 e. The molecule has 0 unspecified atom stereocenters. The Kier molecular flexibility index (Phi) is 4.42. The van der Waals surface area contributed by atoms with Gasteiger partial charge in [0.1, 0.15) is 0 Å². The number of aryl methyl sites for hydroxylation is 1. The maximum Gasteiger partial charge on any atom is 0.251 e. The van der Waals surface area contributed by atoms with E-state index in [-0.39, 0.29) is 11.8 Å². The van der Waals surface area contributed by atoms with Gasteiger partial charge in [-0.25, -0.2) is 0 Å². The van der Waals surface area contributed by atoms with Gasteiger partial charge in [-0.15, -0.1) is 0 Å². The van der Waals surface area contributed by atoms with E-state index < -0.39 is 0 Å². The summed E-state index contributed by atoms with van der Waals surface area (Å²) in [7, 11) is 1.97. The Morgan fingerprint density at radius 3 is 2.57 bits per heavy atom. The van der Waals surface area contributed by atoms with Crippen molar-refractivity contribution < 1.29 is 9.59 Å². The van der Waals surface area contributed by atoms with Crippen LogP contribution in [0.5, 0.6) is 0 Å². The first-order chi connectivity index (χ1) is 9.97. The minimum atomic E-state index is -0.166. The van der Waals surface area contributed by atoms with Gasteiger partial charge in [0.15, 0.2) is 0 Å². The molecule has 0 radical (unpaired) electrons. The molecule has 2 N–H and O–H groups in total. The van der Waals surface area contributed by atoms with Crippen LogP contribution < -0.4 is 10.6 Å². The van der Waals surface area contributed by atoms with Crippen LogP contribution in [0.1, 0.15) is 28.7 Å². The lowest BCUT2D eigenvalue weighted by Crippen LogP contribution is -2.24. The zero-order valence-electron chi connectivity index (χ0n) is 12.4. The average molecular weight is 285 g/mol. The van der Waals surface area contributed by atoms with Crippen molar-refractivity contribution in [3.05, 3.63) is 53.3 Å². The van der Waals surface area contributed by atoms with Gasteiger partial charge in [0.25, 0.3) is 5.91 Å². The van der Waals surface area contributed by atoms with Crippen molar-refractivity contribution in [1.29, 1.82) is 0 Å². The Hall–Kier alpha value is -2.56. The van der Waals surface area contributed by atoms with E-state index >= 15 is 0 Å². The molecule has 0 aliphatic heterocycles. The van der Waals surface area contributed by atoms with E-state index in [1.807, 2.05) is 30.7 Å². The van der Waals surface area contributed by atoms with Crippen LogP contribution in [0.25, 0.3) is 0 Å². The highest BCUT2D eigenvalue weighted by atomic mass is 16.2. The minimum Gasteiger partial charge on any atom is -0.350 e. The van der Waals surface area contributed by atoms with Crippen molar-refractivity contribution in [1.82, 2.24) is 9.88 Å². The summed E-state index contributed by atoms with van der Waals surface area (Å²) in [4.78, 5) is 23.2. The highest BCUT2D eigenvalue weighted by Gasteiger charge is 2.08. The number of nitrogens with one attached hydrogen (secondary N) is 2. The molecule has 1 aromatic carbocycles. The zero-order valence-corrected chi connectivity index (χ0v) is 12.4. The summed E-state index contributed by atoms with van der Waals surface area (Å²) in [5.41, 5.74) is 3.32. The Morgan fingerprint density at radius 2 is 1.95 bits per heavy atom. The molecule has 0 bridgehead atoms. The average Bonchev–Trinajstić information content (AvgIpc) is 2.76. The summed E-state index contributed by atoms with van der Waals surface area (Å²) in [6.45, 7) is 3.92. The molecule has 0 fully saturated rings. The van der Waals surface area contributed by atoms with Gasteiger partial charge in [0.2, 0.25) is 5.91 Å². The second kappa shape index (κ2) is 6.26. The van der Waals surface area contributed by atoms with Crippen molar-refractivity contribution in [2.75, 3.05) is 5.32 Å². The summed E-state index contributed by atoms with van der Waals surface area (Å²) < 4.78 is 2.04. The second-order valence-electron chi connectivity index (χ2n) is 4.97. The number of carbonyl (C=O) groups excluding carboxylic acids is 2. The number of benzene rings is 1. The quantitative estimate of drug-likeness (QED) is 0.904. The van der Waals surface area contributed by atoms with Crippen molar-refractivity contribution in [2.24, 2.45) is 7.05 Å². The van der Waals surface area contributed by atoms with Crippen LogP contribution in [-0.2, 0) is 18.4 Å². The highest BCUT2D eigenvalue weighted by molar-refractivity contribution is 5.96. The molecule has 0 aliphatic rings. The van der Waals surface area contributed by atoms with Crippen LogP contribution in [0.3, 0.4) is 0 Å². The topological polar surface area (TPSA) is 63.1 Å². The van der Waals surface area contributed by atoms with Crippen molar-refractivity contribution in [2.45, 2.75) is 20.4 Å². The molecule has 1 heterocycles. The fourth-order valence-corrected chi connectivity index (χ4v) is 2.06. The number of hydrogen-bond acceptors (Lipinski definition) is 2. The van der Waals surface area contributed by atoms with Crippen LogP contribution >= 0.6 is 0 Å². The van der Waals surface area contributed by atoms with Gasteiger partial charge in [-0.05, 0) is 37.3 Å². The molecule has 0 atom stereocenters. The van der Waals surface area contributed by atoms with Crippen LogP contribution in [0, 0.1) is 6.92 Å². The number of carbonyl (C=O) groups is 2. The van der Waals surface area contributed by atoms with Gasteiger partial charge in [-0.1, -0.05) is 6.07 Å². The normalized spacial score (nSPS) is 10.2. The molecular weight excluding hydrogens is 266 g/mol. The van der Waals surface area contributed by atoms with E-state index in [4.69, 9.17) is 0 Å². The maximum atomic E-state index is 12.1. The molecule has 110 valence electrons. The number of nitrogens with zero attached hydrogens (tertiary/aromatic N) is 1. The predicted octanol–water partition coefficient (Wildman–Crippen LogP) is 2.22. The fraction of sp³-hybridized carbons (Fsp3) is 0.250. The van der Waals surface area contributed by atoms with E-state index in [1.54, 1.807) is 24.3 Å². The summed E-state index contributed by atoms with van der Waals surface area (Å²) in [6.07, 6.45) is 0. The van der Waals surface area contributed by atoms with Gasteiger partial charge < -0.3 is 15.2 Å². The molecule has 5 nitrogen and oxygen atoms in total. The van der Waals surface area contributed by atoms with E-state index in [1.165, 1.54) is 6.92 Å². The highest BCUT2D eigenvalue weighted by Crippen LogP contribution is 2.11. The Balaban J connectivity index is 2.03. The summed E-state index contributed by atoms with van der Waals surface area (Å²) in [5.74, 6) is -0.326. The number of anilines is 1. The van der Waals surface area contributed by atoms with E-state index in [0.29, 0.717) is 17.8 Å². The standard InChI is InChI=1S/C16H19N3O2/c1-11-7-8-15(19(11)3)10-17-16(21)13-5-4-6-14(9-13)18-12(2)20/h4-9H,10H2,1-3H3,(H,17,21)(H,18,20). The van der Waals surface area contributed by atoms with Gasteiger partial charge in [0, 0.05) is 36.6 Å². The first-order valence-electron chi connectivity index (χ1n) is 6.74. The monoisotopic (exact) mass is 285 g/mol. The molecule has 0 saturated heterocycles. The van der Waals surface area contributed by atoms with Crippen LogP contribution in [-0.4, -0.2) is 16.4 Å². The number of rotatable bonds is 4. The molecule has 0 spiro atoms. The van der Waals surface area contributed by atoms with Gasteiger partial charge in [-0.2, -0.15) is 0 Å². The molecule has 2 amide bonds. The summed E-state index contributed by atoms with van der Waals surface area (Å²) in [6, 6.07) is 10.9. The molecule has 5 heteroatoms. The summed E-state index contributed by atoms with van der Waals surface area (Å²) >= 11 is 0. The molecule has 0 saturated carbocycles. The summed E-state index contributed by atoms with van der Waals surface area (Å²) in [5, 5.41) is 5.54. The molecular formula is C16H19N3O2. The lowest BCUT2D eigenvalue weighted by molar-refractivity contribution is -0.114. The van der Waals surface area contributed by atoms with Gasteiger partial charge >= 0.3 is 0 Å². The molecule has 0 aliphatic carbocycles. The van der Waals surface area contributed by atoms with E-state index in [2.05, 4.69) is 10.6 Å². The Labute approximate surface area is 124 Å². The van der Waals surface area contributed by atoms with Crippen molar-refractivity contribution >= 4 is 17.5 Å². The Morgan fingerprint density at radius 1 is 1.19 bits per heavy atom. The number of hydrogen-bond donors (Lipinski definition) is 2.